The van der Waals surface area contributed by atoms with E-state index in [4.69, 9.17) is 5.26 Å². The minimum absolute atomic E-state index is 0.455. The van der Waals surface area contributed by atoms with Crippen LogP contribution in [0.3, 0.4) is 0 Å². The predicted molar refractivity (Wildman–Crippen MR) is 72.7 cm³/mol. The van der Waals surface area contributed by atoms with E-state index in [1.54, 1.807) is 24.4 Å². The Hall–Kier alpha value is -1.93. The van der Waals surface area contributed by atoms with E-state index in [0.717, 1.165) is 6.29 Å². The SMILES string of the molecule is CC.N#Cc1cnn(-c2cccc(Br)c2C=O)c1. The molecule has 0 fully saturated rings. The fourth-order valence-electron chi connectivity index (χ4n) is 1.35. The summed E-state index contributed by atoms with van der Waals surface area (Å²) in [6, 6.07) is 7.34. The van der Waals surface area contributed by atoms with Gasteiger partial charge < -0.3 is 0 Å². The lowest BCUT2D eigenvalue weighted by molar-refractivity contribution is 0.112. The smallest absolute Gasteiger partial charge is 0.153 e. The molecular formula is C13H12BrN3O. The highest BCUT2D eigenvalue weighted by Gasteiger charge is 2.08. The Morgan fingerprint density at radius 3 is 2.72 bits per heavy atom. The maximum absolute atomic E-state index is 11.0. The highest BCUT2D eigenvalue weighted by Crippen LogP contribution is 2.21. The van der Waals surface area contributed by atoms with E-state index in [-0.39, 0.29) is 0 Å². The Balaban J connectivity index is 0.000000771. The molecule has 0 radical (unpaired) electrons. The predicted octanol–water partition coefficient (Wildman–Crippen LogP) is 3.35. The molecule has 2 aromatic rings. The maximum atomic E-state index is 11.0. The third-order valence-electron chi connectivity index (χ3n) is 2.11. The first-order valence-corrected chi connectivity index (χ1v) is 6.24. The molecule has 0 aliphatic heterocycles. The van der Waals surface area contributed by atoms with Crippen molar-refractivity contribution in [3.8, 4) is 11.8 Å². The van der Waals surface area contributed by atoms with Crippen LogP contribution in [0.4, 0.5) is 0 Å². The number of benzene rings is 1. The van der Waals surface area contributed by atoms with Crippen LogP contribution in [0.25, 0.3) is 5.69 Å². The molecule has 5 heteroatoms. The number of carbonyl (C=O) groups excluding carboxylic acids is 1. The van der Waals surface area contributed by atoms with Crippen molar-refractivity contribution in [2.45, 2.75) is 13.8 Å². The second-order valence-corrected chi connectivity index (χ2v) is 3.93. The third-order valence-corrected chi connectivity index (χ3v) is 2.80. The first kappa shape index (κ1) is 14.1. The van der Waals surface area contributed by atoms with Gasteiger partial charge in [-0.15, -0.1) is 0 Å². The van der Waals surface area contributed by atoms with Crippen molar-refractivity contribution in [3.63, 3.8) is 0 Å². The standard InChI is InChI=1S/C11H6BrN3O.C2H6/c12-10-2-1-3-11(9(10)7-16)15-6-8(4-13)5-14-15;1-2/h1-3,5-7H;1-2H3. The van der Waals surface area contributed by atoms with Gasteiger partial charge in [0.2, 0.25) is 0 Å². The van der Waals surface area contributed by atoms with Gasteiger partial charge in [0.1, 0.15) is 6.07 Å². The number of aldehydes is 1. The molecular weight excluding hydrogens is 294 g/mol. The first-order valence-electron chi connectivity index (χ1n) is 5.45. The summed E-state index contributed by atoms with van der Waals surface area (Å²) in [5.41, 5.74) is 1.61. The van der Waals surface area contributed by atoms with Crippen molar-refractivity contribution in [1.82, 2.24) is 9.78 Å². The lowest BCUT2D eigenvalue weighted by Gasteiger charge is -2.05. The van der Waals surface area contributed by atoms with E-state index in [9.17, 15) is 4.79 Å². The zero-order chi connectivity index (χ0) is 13.5. The highest BCUT2D eigenvalue weighted by atomic mass is 79.9. The normalized spacial score (nSPS) is 9.00. The number of hydrogen-bond acceptors (Lipinski definition) is 3. The minimum atomic E-state index is 0.455. The molecule has 1 aromatic carbocycles. The lowest BCUT2D eigenvalue weighted by atomic mass is 10.2. The highest BCUT2D eigenvalue weighted by molar-refractivity contribution is 9.10. The number of carbonyl (C=O) groups is 1. The summed E-state index contributed by atoms with van der Waals surface area (Å²) in [4.78, 5) is 11.0. The lowest BCUT2D eigenvalue weighted by Crippen LogP contribution is -1.99. The number of rotatable bonds is 2. The summed E-state index contributed by atoms with van der Waals surface area (Å²) >= 11 is 3.29. The molecule has 0 bridgehead atoms. The van der Waals surface area contributed by atoms with Crippen LogP contribution < -0.4 is 0 Å². The molecule has 0 unspecified atom stereocenters. The molecule has 0 saturated carbocycles. The Labute approximate surface area is 114 Å². The van der Waals surface area contributed by atoms with E-state index >= 15 is 0 Å². The average molecular weight is 306 g/mol. The fraction of sp³-hybridized carbons (Fsp3) is 0.154. The van der Waals surface area contributed by atoms with Crippen LogP contribution >= 0.6 is 15.9 Å². The second-order valence-electron chi connectivity index (χ2n) is 3.08. The summed E-state index contributed by atoms with van der Waals surface area (Å²) in [7, 11) is 0. The van der Waals surface area contributed by atoms with Crippen molar-refractivity contribution in [1.29, 1.82) is 5.26 Å². The zero-order valence-corrected chi connectivity index (χ0v) is 11.7. The van der Waals surface area contributed by atoms with Gasteiger partial charge in [-0.3, -0.25) is 4.79 Å². The third kappa shape index (κ3) is 2.84. The number of halogens is 1. The molecule has 2 rings (SSSR count). The molecule has 0 spiro atoms. The molecule has 4 nitrogen and oxygen atoms in total. The van der Waals surface area contributed by atoms with Crippen molar-refractivity contribution in [2.24, 2.45) is 0 Å². The van der Waals surface area contributed by atoms with Crippen LogP contribution in [0.2, 0.25) is 0 Å². The topological polar surface area (TPSA) is 58.7 Å². The Kier molecular flexibility index (Phi) is 5.28. The van der Waals surface area contributed by atoms with Crippen molar-refractivity contribution < 1.29 is 4.79 Å². The van der Waals surface area contributed by atoms with Crippen LogP contribution in [0.5, 0.6) is 0 Å². The molecule has 0 aliphatic rings. The van der Waals surface area contributed by atoms with E-state index < -0.39 is 0 Å². The van der Waals surface area contributed by atoms with Gasteiger partial charge in [0.05, 0.1) is 23.0 Å². The van der Waals surface area contributed by atoms with Crippen molar-refractivity contribution in [3.05, 3.63) is 46.2 Å². The van der Waals surface area contributed by atoms with Crippen LogP contribution in [0.1, 0.15) is 29.8 Å². The minimum Gasteiger partial charge on any atom is -0.298 e. The van der Waals surface area contributed by atoms with Gasteiger partial charge in [-0.1, -0.05) is 19.9 Å². The Morgan fingerprint density at radius 1 is 1.44 bits per heavy atom. The molecule has 1 aromatic heterocycles. The number of nitrogens with zero attached hydrogens (tertiary/aromatic N) is 3. The Bertz CT molecular complexity index is 584. The zero-order valence-electron chi connectivity index (χ0n) is 10.1. The van der Waals surface area contributed by atoms with Gasteiger partial charge in [0.25, 0.3) is 0 Å². The summed E-state index contributed by atoms with van der Waals surface area (Å²) in [6.07, 6.45) is 3.79. The molecule has 1 heterocycles. The molecule has 18 heavy (non-hydrogen) atoms. The van der Waals surface area contributed by atoms with Crippen molar-refractivity contribution in [2.75, 3.05) is 0 Å². The van der Waals surface area contributed by atoms with Crippen LogP contribution in [-0.4, -0.2) is 16.1 Å². The number of nitriles is 1. The average Bonchev–Trinajstić information content (AvgIpc) is 2.89. The molecule has 0 saturated heterocycles. The van der Waals surface area contributed by atoms with E-state index in [1.807, 2.05) is 19.9 Å². The quantitative estimate of drug-likeness (QED) is 0.799. The molecule has 92 valence electrons. The van der Waals surface area contributed by atoms with Gasteiger partial charge in [-0.2, -0.15) is 10.4 Å². The maximum Gasteiger partial charge on any atom is 0.153 e. The number of hydrogen-bond donors (Lipinski definition) is 0. The molecule has 0 N–H and O–H groups in total. The van der Waals surface area contributed by atoms with Crippen molar-refractivity contribution >= 4 is 22.2 Å². The van der Waals surface area contributed by atoms with Gasteiger partial charge in [0, 0.05) is 10.7 Å². The van der Waals surface area contributed by atoms with E-state index in [0.29, 0.717) is 21.3 Å². The summed E-state index contributed by atoms with van der Waals surface area (Å²) in [5.74, 6) is 0. The van der Waals surface area contributed by atoms with Gasteiger partial charge >= 0.3 is 0 Å². The molecule has 0 atom stereocenters. The first-order chi connectivity index (χ1) is 8.76. The van der Waals surface area contributed by atoms with Crippen LogP contribution in [0, 0.1) is 11.3 Å². The monoisotopic (exact) mass is 305 g/mol. The summed E-state index contributed by atoms with van der Waals surface area (Å²) in [5, 5.41) is 12.7. The van der Waals surface area contributed by atoms with Gasteiger partial charge in [-0.05, 0) is 28.1 Å². The van der Waals surface area contributed by atoms with Crippen LogP contribution in [0.15, 0.2) is 35.1 Å². The van der Waals surface area contributed by atoms with Gasteiger partial charge in [0.15, 0.2) is 6.29 Å². The summed E-state index contributed by atoms with van der Waals surface area (Å²) < 4.78 is 2.21. The van der Waals surface area contributed by atoms with Crippen LogP contribution in [-0.2, 0) is 0 Å². The van der Waals surface area contributed by atoms with E-state index in [2.05, 4.69) is 21.0 Å². The fourth-order valence-corrected chi connectivity index (χ4v) is 1.80. The van der Waals surface area contributed by atoms with E-state index in [1.165, 1.54) is 10.9 Å². The summed E-state index contributed by atoms with van der Waals surface area (Å²) in [6.45, 7) is 4.00. The van der Waals surface area contributed by atoms with Gasteiger partial charge in [-0.25, -0.2) is 4.68 Å². The second kappa shape index (κ2) is 6.72. The molecule has 0 aliphatic carbocycles. The number of aromatic nitrogens is 2. The Morgan fingerprint density at radius 2 is 2.17 bits per heavy atom. The molecule has 0 amide bonds. The largest absolute Gasteiger partial charge is 0.298 e.